The molecule has 0 aliphatic carbocycles. The summed E-state index contributed by atoms with van der Waals surface area (Å²) >= 11 is 0. The molecule has 61 heavy (non-hydrogen) atoms. The largest absolute Gasteiger partial charge is 0.455 e. The van der Waals surface area contributed by atoms with Gasteiger partial charge >= 0.3 is 0 Å². The Bertz CT molecular complexity index is 3290. The Labute approximate surface area is 352 Å². The summed E-state index contributed by atoms with van der Waals surface area (Å²) in [6, 6.07) is 72.2. The van der Waals surface area contributed by atoms with E-state index in [9.17, 15) is 0 Å². The number of para-hydroxylation sites is 2. The minimum absolute atomic E-state index is 0.536. The van der Waals surface area contributed by atoms with Crippen LogP contribution in [0.5, 0.6) is 0 Å². The van der Waals surface area contributed by atoms with Gasteiger partial charge in [-0.3, -0.25) is 0 Å². The van der Waals surface area contributed by atoms with Gasteiger partial charge in [0, 0.05) is 44.2 Å². The summed E-state index contributed by atoms with van der Waals surface area (Å²) in [4.78, 5) is 25.4. The molecule has 0 bridgehead atoms. The van der Waals surface area contributed by atoms with Crippen molar-refractivity contribution in [2.45, 2.75) is 0 Å². The Kier molecular flexibility index (Phi) is 9.06. The van der Waals surface area contributed by atoms with Crippen molar-refractivity contribution in [3.63, 3.8) is 0 Å². The van der Waals surface area contributed by atoms with Crippen molar-refractivity contribution < 1.29 is 4.42 Å². The molecule has 0 spiro atoms. The molecular formula is C55H35N5O. The van der Waals surface area contributed by atoms with Gasteiger partial charge in [0.2, 0.25) is 0 Å². The molecule has 0 fully saturated rings. The van der Waals surface area contributed by atoms with Crippen LogP contribution in [0.1, 0.15) is 0 Å². The minimum Gasteiger partial charge on any atom is -0.455 e. The molecule has 3 aromatic heterocycles. The lowest BCUT2D eigenvalue weighted by Crippen LogP contribution is -2.00. The number of rotatable bonds is 8. The molecule has 6 nitrogen and oxygen atoms in total. The van der Waals surface area contributed by atoms with Gasteiger partial charge in [-0.05, 0) is 41.0 Å². The summed E-state index contributed by atoms with van der Waals surface area (Å²) in [7, 11) is 0. The van der Waals surface area contributed by atoms with Gasteiger partial charge in [0.15, 0.2) is 23.3 Å². The summed E-state index contributed by atoms with van der Waals surface area (Å²) in [5.41, 5.74) is 13.0. The van der Waals surface area contributed by atoms with Gasteiger partial charge in [-0.1, -0.05) is 188 Å². The predicted octanol–water partition coefficient (Wildman–Crippen LogP) is 13.9. The molecular weight excluding hydrogens is 747 g/mol. The van der Waals surface area contributed by atoms with Gasteiger partial charge < -0.3 is 4.42 Å². The van der Waals surface area contributed by atoms with Crippen LogP contribution >= 0.6 is 0 Å². The molecule has 8 aromatic carbocycles. The van der Waals surface area contributed by atoms with E-state index in [1.807, 2.05) is 109 Å². The topological polar surface area (TPSA) is 77.6 Å². The fraction of sp³-hybridized carbons (Fsp3) is 0. The number of nitrogens with zero attached hydrogens (tertiary/aromatic N) is 5. The van der Waals surface area contributed by atoms with Crippen LogP contribution < -0.4 is 0 Å². The van der Waals surface area contributed by atoms with E-state index in [1.165, 1.54) is 0 Å². The van der Waals surface area contributed by atoms with Crippen LogP contribution in [0.3, 0.4) is 0 Å². The second-order valence-electron chi connectivity index (χ2n) is 14.9. The fourth-order valence-electron chi connectivity index (χ4n) is 7.95. The lowest BCUT2D eigenvalue weighted by Gasteiger charge is -2.12. The molecule has 0 aliphatic heterocycles. The maximum absolute atomic E-state index is 6.79. The Hall–Kier alpha value is -8.35. The first-order valence-electron chi connectivity index (χ1n) is 20.2. The first kappa shape index (κ1) is 35.8. The Morgan fingerprint density at radius 2 is 0.639 bits per heavy atom. The normalized spacial score (nSPS) is 11.3. The van der Waals surface area contributed by atoms with Crippen LogP contribution in [-0.4, -0.2) is 24.9 Å². The van der Waals surface area contributed by atoms with Crippen LogP contribution in [0.15, 0.2) is 217 Å². The summed E-state index contributed by atoms with van der Waals surface area (Å²) < 4.78 is 6.79. The molecule has 0 unspecified atom stereocenters. The molecule has 3 heterocycles. The van der Waals surface area contributed by atoms with Gasteiger partial charge in [0.1, 0.15) is 11.2 Å². The third kappa shape index (κ3) is 6.92. The molecule has 0 radical (unpaired) electrons. The van der Waals surface area contributed by atoms with E-state index in [2.05, 4.69) is 103 Å². The molecule has 0 amide bonds. The Balaban J connectivity index is 1.02. The van der Waals surface area contributed by atoms with Crippen molar-refractivity contribution in [3.05, 3.63) is 212 Å². The first-order valence-corrected chi connectivity index (χ1v) is 20.2. The summed E-state index contributed by atoms with van der Waals surface area (Å²) in [6.07, 6.45) is 0. The molecule has 286 valence electrons. The van der Waals surface area contributed by atoms with E-state index in [-0.39, 0.29) is 0 Å². The summed E-state index contributed by atoms with van der Waals surface area (Å²) in [5.74, 6) is 2.36. The average Bonchev–Trinajstić information content (AvgIpc) is 3.74. The van der Waals surface area contributed by atoms with E-state index >= 15 is 0 Å². The highest BCUT2D eigenvalue weighted by Crippen LogP contribution is 2.40. The van der Waals surface area contributed by atoms with Crippen molar-refractivity contribution in [2.24, 2.45) is 0 Å². The predicted molar refractivity (Wildman–Crippen MR) is 246 cm³/mol. The molecule has 11 rings (SSSR count). The van der Waals surface area contributed by atoms with Crippen molar-refractivity contribution in [3.8, 4) is 90.3 Å². The highest BCUT2D eigenvalue weighted by molar-refractivity contribution is 6.12. The SMILES string of the molecule is c1ccc(-c2cc(-c3cccc(-c4cccc(-c5nc(-c6ccccc6)nc(-c6cccc7c6oc6c(-c8ccccc8)cccc67)n5)c4)c3)nc(-c3ccccc3)n2)cc1. The minimum atomic E-state index is 0.536. The molecule has 0 atom stereocenters. The van der Waals surface area contributed by atoms with E-state index in [1.54, 1.807) is 0 Å². The molecule has 6 heteroatoms. The highest BCUT2D eigenvalue weighted by atomic mass is 16.3. The first-order chi connectivity index (χ1) is 30.2. The fourth-order valence-corrected chi connectivity index (χ4v) is 7.95. The van der Waals surface area contributed by atoms with Crippen molar-refractivity contribution in [1.82, 2.24) is 24.9 Å². The lowest BCUT2D eigenvalue weighted by molar-refractivity contribution is 0.670. The molecule has 0 saturated carbocycles. The summed E-state index contributed by atoms with van der Waals surface area (Å²) in [5, 5.41) is 2.05. The third-order valence-electron chi connectivity index (χ3n) is 11.0. The van der Waals surface area contributed by atoms with Crippen molar-refractivity contribution in [2.75, 3.05) is 0 Å². The zero-order valence-corrected chi connectivity index (χ0v) is 32.9. The summed E-state index contributed by atoms with van der Waals surface area (Å²) in [6.45, 7) is 0. The number of benzene rings is 8. The van der Waals surface area contributed by atoms with E-state index < -0.39 is 0 Å². The van der Waals surface area contributed by atoms with Gasteiger partial charge in [-0.25, -0.2) is 24.9 Å². The molecule has 11 aromatic rings. The number of furan rings is 1. The van der Waals surface area contributed by atoms with Crippen molar-refractivity contribution in [1.29, 1.82) is 0 Å². The quantitative estimate of drug-likeness (QED) is 0.153. The zero-order valence-electron chi connectivity index (χ0n) is 32.9. The van der Waals surface area contributed by atoms with Crippen LogP contribution in [-0.2, 0) is 0 Å². The Morgan fingerprint density at radius 3 is 1.25 bits per heavy atom. The van der Waals surface area contributed by atoms with E-state index in [0.29, 0.717) is 23.3 Å². The smallest absolute Gasteiger partial charge is 0.167 e. The lowest BCUT2D eigenvalue weighted by atomic mass is 9.99. The van der Waals surface area contributed by atoms with Crippen molar-refractivity contribution >= 4 is 21.9 Å². The molecule has 0 saturated heterocycles. The standard InChI is InChI=1S/C55H35N5O/c1-5-17-36(18-6-1)44-29-15-30-45-46-31-16-32-47(51(46)61-50(44)45)55-59-53(39-23-11-4-12-24-39)58-54(60-55)43-28-14-26-41(34-43)40-25-13-27-42(33-40)49-35-48(37-19-7-2-8-20-37)56-52(57-49)38-21-9-3-10-22-38/h1-35H. The maximum atomic E-state index is 6.79. The molecule has 0 N–H and O–H groups in total. The van der Waals surface area contributed by atoms with Gasteiger partial charge in [0.05, 0.1) is 17.0 Å². The number of hydrogen-bond donors (Lipinski definition) is 0. The van der Waals surface area contributed by atoms with Gasteiger partial charge in [-0.15, -0.1) is 0 Å². The van der Waals surface area contributed by atoms with Crippen LogP contribution in [0, 0.1) is 0 Å². The average molecular weight is 782 g/mol. The number of aromatic nitrogens is 5. The van der Waals surface area contributed by atoms with Crippen LogP contribution in [0.4, 0.5) is 0 Å². The van der Waals surface area contributed by atoms with E-state index in [4.69, 9.17) is 29.3 Å². The van der Waals surface area contributed by atoms with Crippen LogP contribution in [0.25, 0.3) is 112 Å². The van der Waals surface area contributed by atoms with Crippen LogP contribution in [0.2, 0.25) is 0 Å². The van der Waals surface area contributed by atoms with Gasteiger partial charge in [-0.2, -0.15) is 0 Å². The maximum Gasteiger partial charge on any atom is 0.167 e. The second-order valence-corrected chi connectivity index (χ2v) is 14.9. The van der Waals surface area contributed by atoms with E-state index in [0.717, 1.165) is 89.0 Å². The second kappa shape index (κ2) is 15.4. The highest BCUT2D eigenvalue weighted by Gasteiger charge is 2.20. The monoisotopic (exact) mass is 781 g/mol. The zero-order chi connectivity index (χ0) is 40.5. The number of hydrogen-bond acceptors (Lipinski definition) is 6. The third-order valence-corrected chi connectivity index (χ3v) is 11.0. The molecule has 0 aliphatic rings. The number of fused-ring (bicyclic) bond motifs is 3. The van der Waals surface area contributed by atoms with Gasteiger partial charge in [0.25, 0.3) is 0 Å². The Morgan fingerprint density at radius 1 is 0.246 bits per heavy atom.